The third-order valence-corrected chi connectivity index (χ3v) is 2.98. The summed E-state index contributed by atoms with van der Waals surface area (Å²) in [5.74, 6) is -2.96. The van der Waals surface area contributed by atoms with Gasteiger partial charge in [-0.05, 0) is 0 Å². The highest BCUT2D eigenvalue weighted by atomic mass is 35.6. The van der Waals surface area contributed by atoms with E-state index >= 15 is 0 Å². The predicted octanol–water partition coefficient (Wildman–Crippen LogP) is 2.91. The van der Waals surface area contributed by atoms with Crippen molar-refractivity contribution in [3.05, 3.63) is 0 Å². The number of hydrogen-bond donors (Lipinski definition) is 3. The van der Waals surface area contributed by atoms with E-state index in [4.69, 9.17) is 79.4 Å². The molecular weight excluding hydrogens is 372 g/mol. The summed E-state index contributed by atoms with van der Waals surface area (Å²) in [5, 5.41) is 9.66. The molecule has 0 aliphatic rings. The third-order valence-electron chi connectivity index (χ3n) is 1.15. The molecule has 12 heteroatoms. The molecule has 0 radical (unpaired) electrons. The van der Waals surface area contributed by atoms with Crippen molar-refractivity contribution < 1.29 is 24.0 Å². The molecule has 0 amide bonds. The van der Waals surface area contributed by atoms with E-state index in [1.54, 1.807) is 0 Å². The van der Waals surface area contributed by atoms with Crippen LogP contribution in [0, 0.1) is 0 Å². The second kappa shape index (κ2) is 5.43. The smallest absolute Gasteiger partial charge is 0.362 e. The topological polar surface area (TPSA) is 87.0 Å². The van der Waals surface area contributed by atoms with Gasteiger partial charge in [-0.15, -0.1) is 0 Å². The van der Waals surface area contributed by atoms with Crippen LogP contribution in [0.4, 0.5) is 0 Å². The van der Waals surface area contributed by atoms with Crippen LogP contribution in [0.1, 0.15) is 6.42 Å². The Balaban J connectivity index is 5.15. The van der Waals surface area contributed by atoms with Gasteiger partial charge in [-0.3, -0.25) is 0 Å². The molecule has 0 fully saturated rings. The van der Waals surface area contributed by atoms with E-state index in [0.29, 0.717) is 0 Å². The quantitative estimate of drug-likeness (QED) is 0.400. The monoisotopic (exact) mass is 374 g/mol. The van der Waals surface area contributed by atoms with Crippen molar-refractivity contribution in [2.24, 2.45) is 0 Å². The molecule has 0 saturated carbocycles. The average Bonchev–Trinajstić information content (AvgIpc) is 1.72. The minimum Gasteiger partial charge on any atom is -0.362 e. The summed E-state index contributed by atoms with van der Waals surface area (Å²) in [6.45, 7) is 0. The molecule has 0 aliphatic heterocycles. The van der Waals surface area contributed by atoms with Crippen molar-refractivity contribution >= 4 is 77.4 Å². The molecule has 1 atom stereocenters. The van der Waals surface area contributed by atoms with Crippen molar-refractivity contribution in [2.75, 3.05) is 0 Å². The summed E-state index contributed by atoms with van der Waals surface area (Å²) >= 11 is 31.8. The highest BCUT2D eigenvalue weighted by Gasteiger charge is 2.55. The highest BCUT2D eigenvalue weighted by molar-refractivity contribution is 7.46. The number of halogens is 6. The second-order valence-electron chi connectivity index (χ2n) is 2.66. The first-order chi connectivity index (χ1) is 6.66. The molecule has 16 heavy (non-hydrogen) atoms. The van der Waals surface area contributed by atoms with E-state index in [0.717, 1.165) is 0 Å². The van der Waals surface area contributed by atoms with Crippen LogP contribution in [-0.4, -0.2) is 28.3 Å². The Hall–Kier alpha value is 1.81. The molecule has 0 aromatic carbocycles. The van der Waals surface area contributed by atoms with Gasteiger partial charge < -0.3 is 14.9 Å². The van der Waals surface area contributed by atoms with Crippen LogP contribution in [0.3, 0.4) is 0 Å². The van der Waals surface area contributed by atoms with E-state index in [-0.39, 0.29) is 0 Å². The molecule has 0 heterocycles. The molecule has 98 valence electrons. The fourth-order valence-electron chi connectivity index (χ4n) is 0.653. The second-order valence-corrected chi connectivity index (χ2v) is 8.62. The van der Waals surface area contributed by atoms with Gasteiger partial charge in [0, 0.05) is 0 Å². The van der Waals surface area contributed by atoms with Crippen LogP contribution in [0.15, 0.2) is 0 Å². The van der Waals surface area contributed by atoms with Crippen molar-refractivity contribution in [3.63, 3.8) is 0 Å². The Morgan fingerprint density at radius 2 is 1.44 bits per heavy atom. The SMILES string of the molecule is O=P(O)(O)OC(O)(CC(Cl)(Cl)Cl)C(Cl)(Cl)Cl. The molecule has 0 rings (SSSR count). The molecule has 0 bridgehead atoms. The Bertz CT molecular complexity index is 292. The van der Waals surface area contributed by atoms with E-state index in [1.165, 1.54) is 0 Å². The maximum Gasteiger partial charge on any atom is 0.472 e. The Morgan fingerprint density at radius 1 is 1.06 bits per heavy atom. The largest absolute Gasteiger partial charge is 0.472 e. The lowest BCUT2D eigenvalue weighted by Crippen LogP contribution is -2.47. The highest BCUT2D eigenvalue weighted by Crippen LogP contribution is 2.53. The van der Waals surface area contributed by atoms with Crippen LogP contribution in [-0.2, 0) is 9.09 Å². The number of phosphoric ester groups is 1. The van der Waals surface area contributed by atoms with Gasteiger partial charge in [-0.1, -0.05) is 69.6 Å². The molecule has 0 aliphatic carbocycles. The molecule has 3 N–H and O–H groups in total. The number of aliphatic hydroxyl groups is 1. The van der Waals surface area contributed by atoms with Gasteiger partial charge >= 0.3 is 7.82 Å². The van der Waals surface area contributed by atoms with Gasteiger partial charge in [0.1, 0.15) is 0 Å². The Kier molecular flexibility index (Phi) is 6.05. The van der Waals surface area contributed by atoms with Crippen molar-refractivity contribution in [1.29, 1.82) is 0 Å². The van der Waals surface area contributed by atoms with E-state index in [2.05, 4.69) is 4.52 Å². The normalized spacial score (nSPS) is 18.3. The van der Waals surface area contributed by atoms with E-state index in [9.17, 15) is 9.67 Å². The molecule has 0 aromatic rings. The van der Waals surface area contributed by atoms with Crippen LogP contribution in [0.5, 0.6) is 0 Å². The van der Waals surface area contributed by atoms with Crippen LogP contribution < -0.4 is 0 Å². The summed E-state index contributed by atoms with van der Waals surface area (Å²) in [5.41, 5.74) is 0. The van der Waals surface area contributed by atoms with Crippen LogP contribution >= 0.6 is 77.4 Å². The fourth-order valence-corrected chi connectivity index (χ4v) is 2.27. The van der Waals surface area contributed by atoms with Gasteiger partial charge in [-0.25, -0.2) is 9.09 Å². The fraction of sp³-hybridized carbons (Fsp3) is 1.00. The standard InChI is InChI=1S/C4H5Cl6O5P/c5-3(6,7)1-2(11,4(8,9)10)15-16(12,13)14/h11H,1H2,(H2,12,13,14). The zero-order valence-corrected chi connectivity index (χ0v) is 12.5. The number of phosphoric acid groups is 1. The number of alkyl halides is 6. The zero-order valence-electron chi connectivity index (χ0n) is 7.08. The van der Waals surface area contributed by atoms with Crippen molar-refractivity contribution in [3.8, 4) is 0 Å². The van der Waals surface area contributed by atoms with Gasteiger partial charge in [-0.2, -0.15) is 0 Å². The summed E-state index contributed by atoms with van der Waals surface area (Å²) in [6.07, 6.45) is -0.966. The molecule has 5 nitrogen and oxygen atoms in total. The van der Waals surface area contributed by atoms with Gasteiger partial charge in [0.2, 0.25) is 9.58 Å². The summed E-state index contributed by atoms with van der Waals surface area (Å²) in [4.78, 5) is 17.1. The first-order valence-corrected chi connectivity index (χ1v) is 7.08. The molecule has 1 unspecified atom stereocenters. The maximum absolute atomic E-state index is 10.6. The molecule has 0 spiro atoms. The van der Waals surface area contributed by atoms with Gasteiger partial charge in [0.25, 0.3) is 0 Å². The molecular formula is C4H5Cl6O5P. The lowest BCUT2D eigenvalue weighted by atomic mass is 10.2. The first kappa shape index (κ1) is 17.8. The number of rotatable bonds is 3. The van der Waals surface area contributed by atoms with E-state index < -0.39 is 27.6 Å². The first-order valence-electron chi connectivity index (χ1n) is 3.28. The zero-order chi connectivity index (χ0) is 13.4. The summed E-state index contributed by atoms with van der Waals surface area (Å²) < 4.78 is 9.75. The molecule has 0 saturated heterocycles. The summed E-state index contributed by atoms with van der Waals surface area (Å²) in [7, 11) is -5.15. The third kappa shape index (κ3) is 6.66. The minimum atomic E-state index is -5.15. The van der Waals surface area contributed by atoms with Crippen LogP contribution in [0.25, 0.3) is 0 Å². The van der Waals surface area contributed by atoms with E-state index in [1.807, 2.05) is 0 Å². The Morgan fingerprint density at radius 3 is 1.62 bits per heavy atom. The molecule has 0 aromatic heterocycles. The predicted molar refractivity (Wildman–Crippen MR) is 63.3 cm³/mol. The maximum atomic E-state index is 10.6. The Labute approximate surface area is 121 Å². The van der Waals surface area contributed by atoms with Gasteiger partial charge in [0.15, 0.2) is 3.79 Å². The summed E-state index contributed by atoms with van der Waals surface area (Å²) in [6, 6.07) is 0. The van der Waals surface area contributed by atoms with Crippen LogP contribution in [0.2, 0.25) is 0 Å². The lowest BCUT2D eigenvalue weighted by molar-refractivity contribution is -0.149. The average molecular weight is 377 g/mol. The van der Waals surface area contributed by atoms with Crippen molar-refractivity contribution in [1.82, 2.24) is 0 Å². The lowest BCUT2D eigenvalue weighted by Gasteiger charge is -2.35. The van der Waals surface area contributed by atoms with Crippen molar-refractivity contribution in [2.45, 2.75) is 19.8 Å². The number of hydrogen-bond acceptors (Lipinski definition) is 3. The van der Waals surface area contributed by atoms with Gasteiger partial charge in [0.05, 0.1) is 6.42 Å². The minimum absolute atomic E-state index is 0.966.